The van der Waals surface area contributed by atoms with Crippen molar-refractivity contribution >= 4 is 5.57 Å². The van der Waals surface area contributed by atoms with Gasteiger partial charge in [0.15, 0.2) is 0 Å². The van der Waals surface area contributed by atoms with E-state index in [1.165, 1.54) is 17.6 Å². The number of nitrogens with zero attached hydrogens (tertiary/aromatic N) is 2. The molecule has 2 nitrogen and oxygen atoms in total. The molecule has 0 amide bonds. The van der Waals surface area contributed by atoms with Gasteiger partial charge in [-0.05, 0) is 32.8 Å². The molecule has 0 aromatic carbocycles. The summed E-state index contributed by atoms with van der Waals surface area (Å²) >= 11 is 0. The number of hydrogen-bond acceptors (Lipinski definition) is 2. The second-order valence-electron chi connectivity index (χ2n) is 3.60. The highest BCUT2D eigenvalue weighted by Gasteiger charge is 2.05. The van der Waals surface area contributed by atoms with Gasteiger partial charge >= 0.3 is 0 Å². The van der Waals surface area contributed by atoms with Crippen LogP contribution in [0.3, 0.4) is 0 Å². The van der Waals surface area contributed by atoms with E-state index in [4.69, 9.17) is 0 Å². The Morgan fingerprint density at radius 3 is 2.12 bits per heavy atom. The highest BCUT2D eigenvalue weighted by atomic mass is 14.8. The van der Waals surface area contributed by atoms with Gasteiger partial charge in [0.2, 0.25) is 0 Å². The van der Waals surface area contributed by atoms with Gasteiger partial charge in [0.1, 0.15) is 6.33 Å². The lowest BCUT2D eigenvalue weighted by Crippen LogP contribution is -1.96. The van der Waals surface area contributed by atoms with Crippen molar-refractivity contribution in [3.8, 4) is 0 Å². The summed E-state index contributed by atoms with van der Waals surface area (Å²) in [5.41, 5.74) is 4.65. The third kappa shape index (κ3) is 4.13. The van der Waals surface area contributed by atoms with E-state index < -0.39 is 0 Å². The minimum absolute atomic E-state index is 1.07. The molecule has 0 aliphatic rings. The summed E-state index contributed by atoms with van der Waals surface area (Å²) in [6.07, 6.45) is 6.20. The molecule has 0 saturated heterocycles. The maximum atomic E-state index is 4.22. The Morgan fingerprint density at radius 1 is 1.19 bits per heavy atom. The molecule has 0 aliphatic carbocycles. The summed E-state index contributed by atoms with van der Waals surface area (Å²) in [6, 6.07) is 0. The zero-order chi connectivity index (χ0) is 12.6. The number of rotatable bonds is 3. The van der Waals surface area contributed by atoms with E-state index >= 15 is 0 Å². The van der Waals surface area contributed by atoms with Crippen LogP contribution < -0.4 is 0 Å². The van der Waals surface area contributed by atoms with Crippen LogP contribution in [0.4, 0.5) is 0 Å². The number of hydrogen-bond donors (Lipinski definition) is 0. The highest BCUT2D eigenvalue weighted by Crippen LogP contribution is 2.19. The van der Waals surface area contributed by atoms with Crippen molar-refractivity contribution < 1.29 is 0 Å². The smallest absolute Gasteiger partial charge is 0.115 e. The summed E-state index contributed by atoms with van der Waals surface area (Å²) < 4.78 is 0. The predicted molar refractivity (Wildman–Crippen MR) is 71.4 cm³/mol. The number of aromatic nitrogens is 2. The molecule has 16 heavy (non-hydrogen) atoms. The molecule has 0 aliphatic heterocycles. The molecule has 90 valence electrons. The van der Waals surface area contributed by atoms with E-state index in [-0.39, 0.29) is 0 Å². The highest BCUT2D eigenvalue weighted by molar-refractivity contribution is 5.66. The average molecular weight is 220 g/mol. The fourth-order valence-electron chi connectivity index (χ4n) is 1.63. The molecule has 2 heteroatoms. The standard InChI is InChI=1S/C12H18N2.C2H6/c1-5-6-7-9(2)12-10(3)13-8-14-11(12)4;1-2/h7-8H,5-6H2,1-4H3;1-2H3/b9-7-;. The molecule has 0 fully saturated rings. The molecule has 0 N–H and O–H groups in total. The van der Waals surface area contributed by atoms with Gasteiger partial charge in [-0.1, -0.05) is 33.3 Å². The molecule has 0 radical (unpaired) electrons. The van der Waals surface area contributed by atoms with E-state index in [0.717, 1.165) is 17.8 Å². The first-order chi connectivity index (χ1) is 7.66. The van der Waals surface area contributed by atoms with Crippen molar-refractivity contribution in [3.63, 3.8) is 0 Å². The third-order valence-corrected chi connectivity index (χ3v) is 2.36. The van der Waals surface area contributed by atoms with Crippen LogP contribution in [0.2, 0.25) is 0 Å². The van der Waals surface area contributed by atoms with E-state index in [2.05, 4.69) is 29.9 Å². The quantitative estimate of drug-likeness (QED) is 0.758. The molecule has 1 heterocycles. The van der Waals surface area contributed by atoms with Crippen LogP contribution in [0.1, 0.15) is 57.5 Å². The van der Waals surface area contributed by atoms with E-state index in [1.807, 2.05) is 27.7 Å². The van der Waals surface area contributed by atoms with Gasteiger partial charge < -0.3 is 0 Å². The van der Waals surface area contributed by atoms with Crippen LogP contribution >= 0.6 is 0 Å². The average Bonchev–Trinajstić information content (AvgIpc) is 2.29. The van der Waals surface area contributed by atoms with Gasteiger partial charge in [-0.15, -0.1) is 0 Å². The Balaban J connectivity index is 0.00000106. The van der Waals surface area contributed by atoms with Gasteiger partial charge in [0.05, 0.1) is 0 Å². The second-order valence-corrected chi connectivity index (χ2v) is 3.60. The molecule has 0 bridgehead atoms. The van der Waals surface area contributed by atoms with Crippen LogP contribution in [-0.4, -0.2) is 9.97 Å². The normalized spacial score (nSPS) is 10.8. The lowest BCUT2D eigenvalue weighted by Gasteiger charge is -2.07. The summed E-state index contributed by atoms with van der Waals surface area (Å²) in [4.78, 5) is 8.43. The monoisotopic (exact) mass is 220 g/mol. The molecule has 0 saturated carbocycles. The zero-order valence-electron chi connectivity index (χ0n) is 11.5. The molecular weight excluding hydrogens is 196 g/mol. The van der Waals surface area contributed by atoms with Crippen LogP contribution in [0.25, 0.3) is 5.57 Å². The molecule has 0 atom stereocenters. The minimum Gasteiger partial charge on any atom is -0.241 e. The molecule has 1 aromatic heterocycles. The number of aryl methyl sites for hydroxylation is 2. The maximum Gasteiger partial charge on any atom is 0.115 e. The molecule has 1 rings (SSSR count). The van der Waals surface area contributed by atoms with Crippen molar-refractivity contribution in [1.29, 1.82) is 0 Å². The number of unbranched alkanes of at least 4 members (excludes halogenated alkanes) is 1. The van der Waals surface area contributed by atoms with E-state index in [1.54, 1.807) is 6.33 Å². The lowest BCUT2D eigenvalue weighted by atomic mass is 10.0. The maximum absolute atomic E-state index is 4.22. The summed E-state index contributed by atoms with van der Waals surface area (Å²) in [7, 11) is 0. The van der Waals surface area contributed by atoms with Crippen LogP contribution in [0.5, 0.6) is 0 Å². The summed E-state index contributed by atoms with van der Waals surface area (Å²) in [6.45, 7) is 12.4. The molecular formula is C14H24N2. The first-order valence-electron chi connectivity index (χ1n) is 6.12. The van der Waals surface area contributed by atoms with Crippen molar-refractivity contribution in [3.05, 3.63) is 29.4 Å². The Kier molecular flexibility index (Phi) is 7.44. The Labute approximate surface area is 99.8 Å². The lowest BCUT2D eigenvalue weighted by molar-refractivity contribution is 0.956. The van der Waals surface area contributed by atoms with Gasteiger partial charge in [0, 0.05) is 17.0 Å². The van der Waals surface area contributed by atoms with Gasteiger partial charge in [0.25, 0.3) is 0 Å². The van der Waals surface area contributed by atoms with Crippen LogP contribution in [-0.2, 0) is 0 Å². The van der Waals surface area contributed by atoms with Crippen molar-refractivity contribution in [2.24, 2.45) is 0 Å². The Morgan fingerprint density at radius 2 is 1.69 bits per heavy atom. The first kappa shape index (κ1) is 14.8. The minimum atomic E-state index is 1.07. The molecule has 1 aromatic rings. The molecule has 0 unspecified atom stereocenters. The van der Waals surface area contributed by atoms with Crippen LogP contribution in [0, 0.1) is 13.8 Å². The van der Waals surface area contributed by atoms with Gasteiger partial charge in [-0.25, -0.2) is 9.97 Å². The largest absolute Gasteiger partial charge is 0.241 e. The van der Waals surface area contributed by atoms with Gasteiger partial charge in [-0.2, -0.15) is 0 Å². The van der Waals surface area contributed by atoms with E-state index in [0.29, 0.717) is 0 Å². The Bertz CT molecular complexity index is 320. The van der Waals surface area contributed by atoms with Crippen LogP contribution in [0.15, 0.2) is 12.4 Å². The fourth-order valence-corrected chi connectivity index (χ4v) is 1.63. The summed E-state index contributed by atoms with van der Waals surface area (Å²) in [5, 5.41) is 0. The first-order valence-corrected chi connectivity index (χ1v) is 6.12. The third-order valence-electron chi connectivity index (χ3n) is 2.36. The zero-order valence-corrected chi connectivity index (χ0v) is 11.5. The molecule has 0 spiro atoms. The van der Waals surface area contributed by atoms with Crippen molar-refractivity contribution in [1.82, 2.24) is 9.97 Å². The van der Waals surface area contributed by atoms with E-state index in [9.17, 15) is 0 Å². The SMILES string of the molecule is CC.CCC/C=C(/C)c1c(C)ncnc1C. The van der Waals surface area contributed by atoms with Crippen molar-refractivity contribution in [2.45, 2.75) is 54.4 Å². The fraction of sp³-hybridized carbons (Fsp3) is 0.571. The summed E-state index contributed by atoms with van der Waals surface area (Å²) in [5.74, 6) is 0. The predicted octanol–water partition coefficient (Wildman–Crippen LogP) is 4.32. The van der Waals surface area contributed by atoms with Crippen molar-refractivity contribution in [2.75, 3.05) is 0 Å². The number of allylic oxidation sites excluding steroid dienone is 2. The topological polar surface area (TPSA) is 25.8 Å². The Hall–Kier alpha value is -1.18. The second kappa shape index (κ2) is 8.03. The van der Waals surface area contributed by atoms with Gasteiger partial charge in [-0.3, -0.25) is 0 Å².